The van der Waals surface area contributed by atoms with Crippen molar-refractivity contribution in [2.24, 2.45) is 11.7 Å². The lowest BCUT2D eigenvalue weighted by Crippen LogP contribution is -2.46. The van der Waals surface area contributed by atoms with Gasteiger partial charge in [0.15, 0.2) is 0 Å². The van der Waals surface area contributed by atoms with Gasteiger partial charge in [-0.2, -0.15) is 0 Å². The van der Waals surface area contributed by atoms with Gasteiger partial charge in [0, 0.05) is 0 Å². The lowest BCUT2D eigenvalue weighted by molar-refractivity contribution is -0.143. The second-order valence-corrected chi connectivity index (χ2v) is 6.21. The highest BCUT2D eigenvalue weighted by Gasteiger charge is 2.29. The van der Waals surface area contributed by atoms with Gasteiger partial charge in [-0.1, -0.05) is 6.92 Å². The Morgan fingerprint density at radius 2 is 1.96 bits per heavy atom. The summed E-state index contributed by atoms with van der Waals surface area (Å²) < 4.78 is 11.2. The van der Waals surface area contributed by atoms with E-state index in [2.05, 4.69) is 0 Å². The van der Waals surface area contributed by atoms with E-state index in [0.29, 0.717) is 19.6 Å². The first kappa shape index (κ1) is 19.3. The van der Waals surface area contributed by atoms with E-state index in [1.165, 1.54) is 0 Å². The zero-order valence-corrected chi connectivity index (χ0v) is 14.6. The number of carboxylic acid groups (broad SMARTS) is 1. The van der Waals surface area contributed by atoms with Crippen molar-refractivity contribution >= 4 is 5.97 Å². The summed E-state index contributed by atoms with van der Waals surface area (Å²) in [6, 6.07) is 5.83. The van der Waals surface area contributed by atoms with Crippen LogP contribution in [0, 0.1) is 5.92 Å². The molecule has 0 spiro atoms. The van der Waals surface area contributed by atoms with Crippen molar-refractivity contribution in [1.29, 1.82) is 0 Å². The number of benzene rings is 1. The van der Waals surface area contributed by atoms with Gasteiger partial charge >= 0.3 is 5.97 Å². The minimum absolute atomic E-state index is 0.200. The highest BCUT2D eigenvalue weighted by molar-refractivity contribution is 5.77. The molecule has 0 aliphatic carbocycles. The molecule has 5 heteroatoms. The number of carboxylic acids is 1. The fourth-order valence-electron chi connectivity index (χ4n) is 2.62. The SMILES string of the molecule is CCOc1ccc(OCC)c(CCC(C)CC(C)(N)C(=O)O)c1. The summed E-state index contributed by atoms with van der Waals surface area (Å²) in [6.07, 6.45) is 2.08. The standard InChI is InChI=1S/C18H29NO4/c1-5-22-15-9-10-16(23-6-2)14(11-15)8-7-13(3)12-18(4,19)17(20)21/h9-11,13H,5-8,12,19H2,1-4H3,(H,20,21). The predicted molar refractivity (Wildman–Crippen MR) is 91.1 cm³/mol. The molecule has 0 saturated carbocycles. The number of rotatable bonds is 10. The van der Waals surface area contributed by atoms with Crippen molar-refractivity contribution in [3.05, 3.63) is 23.8 Å². The molecule has 130 valence electrons. The van der Waals surface area contributed by atoms with Crippen LogP contribution < -0.4 is 15.2 Å². The Morgan fingerprint density at radius 3 is 2.52 bits per heavy atom. The van der Waals surface area contributed by atoms with Crippen LogP contribution in [0.25, 0.3) is 0 Å². The zero-order chi connectivity index (χ0) is 17.5. The first-order valence-corrected chi connectivity index (χ1v) is 8.21. The topological polar surface area (TPSA) is 81.8 Å². The average Bonchev–Trinajstić information content (AvgIpc) is 2.47. The van der Waals surface area contributed by atoms with Crippen molar-refractivity contribution in [2.75, 3.05) is 13.2 Å². The van der Waals surface area contributed by atoms with Crippen LogP contribution in [0.4, 0.5) is 0 Å². The average molecular weight is 323 g/mol. The molecular weight excluding hydrogens is 294 g/mol. The van der Waals surface area contributed by atoms with Gasteiger partial charge in [0.1, 0.15) is 17.0 Å². The maximum absolute atomic E-state index is 11.1. The molecule has 0 aliphatic heterocycles. The van der Waals surface area contributed by atoms with Crippen LogP contribution >= 0.6 is 0 Å². The molecule has 2 atom stereocenters. The van der Waals surface area contributed by atoms with Crippen LogP contribution in [-0.2, 0) is 11.2 Å². The van der Waals surface area contributed by atoms with Crippen molar-refractivity contribution in [2.45, 2.75) is 52.5 Å². The summed E-state index contributed by atoms with van der Waals surface area (Å²) >= 11 is 0. The predicted octanol–water partition coefficient (Wildman–Crippen LogP) is 3.24. The number of hydrogen-bond acceptors (Lipinski definition) is 4. The Bertz CT molecular complexity index is 514. The van der Waals surface area contributed by atoms with Crippen LogP contribution in [-0.4, -0.2) is 29.8 Å². The van der Waals surface area contributed by atoms with Crippen molar-refractivity contribution < 1.29 is 19.4 Å². The molecule has 1 aromatic carbocycles. The molecule has 5 nitrogen and oxygen atoms in total. The van der Waals surface area contributed by atoms with Crippen LogP contribution in [0.15, 0.2) is 18.2 Å². The number of aliphatic carboxylic acids is 1. The first-order valence-electron chi connectivity index (χ1n) is 8.21. The molecule has 0 fully saturated rings. The van der Waals surface area contributed by atoms with E-state index < -0.39 is 11.5 Å². The normalized spacial score (nSPS) is 14.8. The summed E-state index contributed by atoms with van der Waals surface area (Å²) in [7, 11) is 0. The maximum atomic E-state index is 11.1. The van der Waals surface area contributed by atoms with E-state index in [0.717, 1.165) is 29.9 Å². The molecule has 0 heterocycles. The molecule has 0 aromatic heterocycles. The third-order valence-corrected chi connectivity index (χ3v) is 3.81. The van der Waals surface area contributed by atoms with E-state index in [1.54, 1.807) is 6.92 Å². The number of nitrogens with two attached hydrogens (primary N) is 1. The molecule has 0 aliphatic rings. The number of hydrogen-bond donors (Lipinski definition) is 2. The summed E-state index contributed by atoms with van der Waals surface area (Å²) in [5.41, 5.74) is 5.72. The van der Waals surface area contributed by atoms with Crippen molar-refractivity contribution in [1.82, 2.24) is 0 Å². The summed E-state index contributed by atoms with van der Waals surface area (Å²) in [6.45, 7) is 8.72. The van der Waals surface area contributed by atoms with Crippen molar-refractivity contribution in [3.63, 3.8) is 0 Å². The maximum Gasteiger partial charge on any atom is 0.323 e. The molecule has 1 aromatic rings. The smallest absolute Gasteiger partial charge is 0.323 e. The van der Waals surface area contributed by atoms with Crippen LogP contribution in [0.1, 0.15) is 46.1 Å². The van der Waals surface area contributed by atoms with Gasteiger partial charge in [-0.3, -0.25) is 4.79 Å². The van der Waals surface area contributed by atoms with E-state index in [4.69, 9.17) is 20.3 Å². The number of aryl methyl sites for hydroxylation is 1. The number of ether oxygens (including phenoxy) is 2. The third kappa shape index (κ3) is 6.10. The molecule has 0 saturated heterocycles. The van der Waals surface area contributed by atoms with Gasteiger partial charge < -0.3 is 20.3 Å². The minimum atomic E-state index is -1.19. The Kier molecular flexibility index (Phi) is 7.36. The quantitative estimate of drug-likeness (QED) is 0.691. The Balaban J connectivity index is 2.74. The van der Waals surface area contributed by atoms with Gasteiger partial charge in [0.25, 0.3) is 0 Å². The van der Waals surface area contributed by atoms with E-state index in [-0.39, 0.29) is 5.92 Å². The van der Waals surface area contributed by atoms with Crippen LogP contribution in [0.5, 0.6) is 11.5 Å². The van der Waals surface area contributed by atoms with Gasteiger partial charge in [-0.05, 0) is 69.7 Å². The molecule has 3 N–H and O–H groups in total. The highest BCUT2D eigenvalue weighted by Crippen LogP contribution is 2.28. The highest BCUT2D eigenvalue weighted by atomic mass is 16.5. The lowest BCUT2D eigenvalue weighted by atomic mass is 9.87. The molecule has 2 unspecified atom stereocenters. The second kappa shape index (κ2) is 8.77. The fraction of sp³-hybridized carbons (Fsp3) is 0.611. The monoisotopic (exact) mass is 323 g/mol. The molecule has 0 amide bonds. The van der Waals surface area contributed by atoms with Crippen molar-refractivity contribution in [3.8, 4) is 11.5 Å². The number of carbonyl (C=O) groups is 1. The third-order valence-electron chi connectivity index (χ3n) is 3.81. The second-order valence-electron chi connectivity index (χ2n) is 6.21. The lowest BCUT2D eigenvalue weighted by Gasteiger charge is -2.23. The van der Waals surface area contributed by atoms with Gasteiger partial charge in [0.2, 0.25) is 0 Å². The minimum Gasteiger partial charge on any atom is -0.494 e. The van der Waals surface area contributed by atoms with E-state index >= 15 is 0 Å². The molecule has 0 bridgehead atoms. The molecule has 1 rings (SSSR count). The first-order chi connectivity index (χ1) is 10.8. The summed E-state index contributed by atoms with van der Waals surface area (Å²) in [5, 5.41) is 9.12. The molecule has 0 radical (unpaired) electrons. The molecular formula is C18H29NO4. The van der Waals surface area contributed by atoms with Gasteiger partial charge in [-0.15, -0.1) is 0 Å². The fourth-order valence-corrected chi connectivity index (χ4v) is 2.62. The van der Waals surface area contributed by atoms with Gasteiger partial charge in [-0.25, -0.2) is 0 Å². The Hall–Kier alpha value is -1.75. The van der Waals surface area contributed by atoms with Crippen LogP contribution in [0.3, 0.4) is 0 Å². The Labute approximate surface area is 138 Å². The summed E-state index contributed by atoms with van der Waals surface area (Å²) in [5.74, 6) is 0.925. The molecule has 23 heavy (non-hydrogen) atoms. The Morgan fingerprint density at radius 1 is 1.30 bits per heavy atom. The van der Waals surface area contributed by atoms with E-state index in [1.807, 2.05) is 39.0 Å². The van der Waals surface area contributed by atoms with Gasteiger partial charge in [0.05, 0.1) is 13.2 Å². The summed E-state index contributed by atoms with van der Waals surface area (Å²) in [4.78, 5) is 11.1. The van der Waals surface area contributed by atoms with Crippen LogP contribution in [0.2, 0.25) is 0 Å². The zero-order valence-electron chi connectivity index (χ0n) is 14.6. The van der Waals surface area contributed by atoms with E-state index in [9.17, 15) is 4.79 Å². The largest absolute Gasteiger partial charge is 0.494 e.